The molecule has 0 radical (unpaired) electrons. The highest BCUT2D eigenvalue weighted by Gasteiger charge is 2.33. The van der Waals surface area contributed by atoms with Gasteiger partial charge in [-0.1, -0.05) is 24.3 Å². The summed E-state index contributed by atoms with van der Waals surface area (Å²) in [4.78, 5) is 22.5. The number of benzene rings is 2. The Balaban J connectivity index is 1.59. The Morgan fingerprint density at radius 2 is 1.48 bits per heavy atom. The lowest BCUT2D eigenvalue weighted by molar-refractivity contribution is -0.387. The van der Waals surface area contributed by atoms with Gasteiger partial charge in [-0.3, -0.25) is 20.2 Å². The van der Waals surface area contributed by atoms with Gasteiger partial charge in [0.25, 0.3) is 11.4 Å². The lowest BCUT2D eigenvalue weighted by Gasteiger charge is -2.33. The SMILES string of the molecule is O=[N+]([O-])c1ccc(CCN2CCN(S(=O)(=O)c3ccccc3[N+](=O)[O-])CC2)cc1. The van der Waals surface area contributed by atoms with Gasteiger partial charge in [0.05, 0.1) is 9.85 Å². The van der Waals surface area contributed by atoms with Crippen LogP contribution in [0.2, 0.25) is 0 Å². The lowest BCUT2D eigenvalue weighted by Crippen LogP contribution is -2.49. The van der Waals surface area contributed by atoms with E-state index in [9.17, 15) is 28.6 Å². The van der Waals surface area contributed by atoms with Crippen LogP contribution in [0.15, 0.2) is 53.4 Å². The molecule has 0 aromatic heterocycles. The quantitative estimate of drug-likeness (QED) is 0.495. The van der Waals surface area contributed by atoms with E-state index in [1.165, 1.54) is 40.7 Å². The maximum absolute atomic E-state index is 12.8. The second-order valence-corrected chi connectivity index (χ2v) is 8.55. The predicted octanol–water partition coefficient (Wildman–Crippen LogP) is 2.05. The number of hydrogen-bond donors (Lipinski definition) is 0. The molecule has 1 fully saturated rings. The Bertz CT molecular complexity index is 1000. The Hall–Kier alpha value is -2.89. The molecular formula is C18H20N4O6S. The van der Waals surface area contributed by atoms with E-state index in [2.05, 4.69) is 4.90 Å². The molecule has 29 heavy (non-hydrogen) atoms. The van der Waals surface area contributed by atoms with Crippen molar-refractivity contribution in [3.8, 4) is 0 Å². The molecule has 0 amide bonds. The summed E-state index contributed by atoms with van der Waals surface area (Å²) in [6.45, 7) is 2.19. The number of para-hydroxylation sites is 1. The van der Waals surface area contributed by atoms with Crippen molar-refractivity contribution in [2.45, 2.75) is 11.3 Å². The van der Waals surface area contributed by atoms with Gasteiger partial charge in [0.1, 0.15) is 0 Å². The summed E-state index contributed by atoms with van der Waals surface area (Å²) >= 11 is 0. The van der Waals surface area contributed by atoms with Crippen molar-refractivity contribution in [3.05, 3.63) is 74.3 Å². The molecule has 11 heteroatoms. The van der Waals surface area contributed by atoms with E-state index in [1.807, 2.05) is 0 Å². The molecule has 0 spiro atoms. The van der Waals surface area contributed by atoms with Gasteiger partial charge in [-0.2, -0.15) is 4.31 Å². The average Bonchev–Trinajstić information content (AvgIpc) is 2.72. The van der Waals surface area contributed by atoms with Gasteiger partial charge in [0, 0.05) is 50.9 Å². The van der Waals surface area contributed by atoms with E-state index in [-0.39, 0.29) is 23.7 Å². The highest BCUT2D eigenvalue weighted by Crippen LogP contribution is 2.27. The van der Waals surface area contributed by atoms with E-state index < -0.39 is 25.6 Å². The third kappa shape index (κ3) is 4.75. The summed E-state index contributed by atoms with van der Waals surface area (Å²) in [7, 11) is -3.94. The van der Waals surface area contributed by atoms with Gasteiger partial charge in [0.15, 0.2) is 4.90 Å². The van der Waals surface area contributed by atoms with Crippen LogP contribution in [-0.2, 0) is 16.4 Å². The maximum Gasteiger partial charge on any atom is 0.289 e. The fraction of sp³-hybridized carbons (Fsp3) is 0.333. The van der Waals surface area contributed by atoms with Crippen molar-refractivity contribution >= 4 is 21.4 Å². The molecule has 0 aliphatic carbocycles. The zero-order chi connectivity index (χ0) is 21.0. The molecule has 0 saturated carbocycles. The fourth-order valence-corrected chi connectivity index (χ4v) is 4.81. The number of piperazine rings is 1. The largest absolute Gasteiger partial charge is 0.300 e. The molecule has 3 rings (SSSR count). The highest BCUT2D eigenvalue weighted by molar-refractivity contribution is 7.89. The van der Waals surface area contributed by atoms with Crippen LogP contribution in [0.5, 0.6) is 0 Å². The maximum atomic E-state index is 12.8. The summed E-state index contributed by atoms with van der Waals surface area (Å²) in [6.07, 6.45) is 0.689. The predicted molar refractivity (Wildman–Crippen MR) is 105 cm³/mol. The zero-order valence-electron chi connectivity index (χ0n) is 15.5. The second kappa shape index (κ2) is 8.64. The Kier molecular flexibility index (Phi) is 6.20. The molecule has 10 nitrogen and oxygen atoms in total. The van der Waals surface area contributed by atoms with Gasteiger partial charge < -0.3 is 4.90 Å². The van der Waals surface area contributed by atoms with Gasteiger partial charge in [-0.25, -0.2) is 8.42 Å². The van der Waals surface area contributed by atoms with Crippen molar-refractivity contribution < 1.29 is 18.3 Å². The van der Waals surface area contributed by atoms with Gasteiger partial charge in [0.2, 0.25) is 10.0 Å². The molecule has 0 N–H and O–H groups in total. The minimum absolute atomic E-state index is 0.0441. The number of nitro groups is 2. The topological polar surface area (TPSA) is 127 Å². The monoisotopic (exact) mass is 420 g/mol. The van der Waals surface area contributed by atoms with Gasteiger partial charge in [-0.05, 0) is 18.1 Å². The van der Waals surface area contributed by atoms with Crippen LogP contribution in [0.3, 0.4) is 0 Å². The normalized spacial score (nSPS) is 15.9. The molecule has 2 aromatic rings. The van der Waals surface area contributed by atoms with Crippen LogP contribution in [0, 0.1) is 20.2 Å². The number of non-ortho nitro benzene ring substituents is 1. The lowest BCUT2D eigenvalue weighted by atomic mass is 10.1. The molecule has 154 valence electrons. The first-order valence-electron chi connectivity index (χ1n) is 8.98. The van der Waals surface area contributed by atoms with Crippen LogP contribution in [0.4, 0.5) is 11.4 Å². The van der Waals surface area contributed by atoms with E-state index in [1.54, 1.807) is 12.1 Å². The fourth-order valence-electron chi connectivity index (χ4n) is 3.23. The standard InChI is InChI=1S/C18H20N4O6S/c23-21(24)16-7-5-15(6-8-16)9-10-19-11-13-20(14-12-19)29(27,28)18-4-2-1-3-17(18)22(25)26/h1-8H,9-14H2. The first-order chi connectivity index (χ1) is 13.8. The van der Waals surface area contributed by atoms with E-state index >= 15 is 0 Å². The van der Waals surface area contributed by atoms with E-state index in [0.29, 0.717) is 26.1 Å². The smallest absolute Gasteiger partial charge is 0.289 e. The van der Waals surface area contributed by atoms with Crippen LogP contribution >= 0.6 is 0 Å². The van der Waals surface area contributed by atoms with Crippen LogP contribution in [0.25, 0.3) is 0 Å². The van der Waals surface area contributed by atoms with Crippen molar-refractivity contribution in [3.63, 3.8) is 0 Å². The van der Waals surface area contributed by atoms with Crippen molar-refractivity contribution in [1.29, 1.82) is 0 Å². The van der Waals surface area contributed by atoms with E-state index in [0.717, 1.165) is 5.56 Å². The second-order valence-electron chi connectivity index (χ2n) is 6.64. The zero-order valence-corrected chi connectivity index (χ0v) is 16.3. The van der Waals surface area contributed by atoms with Crippen LogP contribution < -0.4 is 0 Å². The molecule has 0 bridgehead atoms. The molecule has 1 aliphatic heterocycles. The van der Waals surface area contributed by atoms with Crippen molar-refractivity contribution in [2.24, 2.45) is 0 Å². The first kappa shape index (κ1) is 20.8. The third-order valence-electron chi connectivity index (χ3n) is 4.87. The summed E-state index contributed by atoms with van der Waals surface area (Å²) < 4.78 is 26.9. The molecule has 1 heterocycles. The minimum atomic E-state index is -3.94. The molecule has 0 atom stereocenters. The number of sulfonamides is 1. The Morgan fingerprint density at radius 1 is 0.862 bits per heavy atom. The van der Waals surface area contributed by atoms with Crippen LogP contribution in [0.1, 0.15) is 5.56 Å². The summed E-state index contributed by atoms with van der Waals surface area (Å²) in [5, 5.41) is 21.9. The number of nitrogens with zero attached hydrogens (tertiary/aromatic N) is 4. The number of hydrogen-bond acceptors (Lipinski definition) is 7. The summed E-state index contributed by atoms with van der Waals surface area (Å²) in [5.74, 6) is 0. The highest BCUT2D eigenvalue weighted by atomic mass is 32.2. The van der Waals surface area contributed by atoms with Gasteiger partial charge in [-0.15, -0.1) is 0 Å². The number of nitro benzene ring substituents is 2. The Labute approximate surface area is 167 Å². The number of rotatable bonds is 7. The summed E-state index contributed by atoms with van der Waals surface area (Å²) in [6, 6.07) is 11.7. The third-order valence-corrected chi connectivity index (χ3v) is 6.82. The molecule has 0 unspecified atom stereocenters. The molecule has 2 aromatic carbocycles. The molecule has 1 aliphatic rings. The Morgan fingerprint density at radius 3 is 2.07 bits per heavy atom. The molecular weight excluding hydrogens is 400 g/mol. The molecule has 1 saturated heterocycles. The van der Waals surface area contributed by atoms with Crippen molar-refractivity contribution in [2.75, 3.05) is 32.7 Å². The first-order valence-corrected chi connectivity index (χ1v) is 10.4. The average molecular weight is 420 g/mol. The van der Waals surface area contributed by atoms with Crippen LogP contribution in [-0.4, -0.2) is 60.2 Å². The van der Waals surface area contributed by atoms with E-state index in [4.69, 9.17) is 0 Å². The van der Waals surface area contributed by atoms with Crippen molar-refractivity contribution in [1.82, 2.24) is 9.21 Å². The minimum Gasteiger partial charge on any atom is -0.300 e. The summed E-state index contributed by atoms with van der Waals surface area (Å²) in [5.41, 5.74) is 0.584. The van der Waals surface area contributed by atoms with Gasteiger partial charge >= 0.3 is 0 Å².